The molecule has 0 atom stereocenters. The minimum atomic E-state index is -2.16. The maximum Gasteiger partial charge on any atom is 0.331 e. The van der Waals surface area contributed by atoms with Gasteiger partial charge in [-0.15, -0.1) is 0 Å². The lowest BCUT2D eigenvalue weighted by molar-refractivity contribution is -0.136. The van der Waals surface area contributed by atoms with Crippen LogP contribution in [-0.2, 0) is 9.59 Å². The molecule has 2 N–H and O–H groups in total. The first-order valence-corrected chi connectivity index (χ1v) is 9.96. The van der Waals surface area contributed by atoms with Crippen molar-refractivity contribution in [3.8, 4) is 0 Å². The van der Waals surface area contributed by atoms with Crippen LogP contribution in [0, 0.1) is 5.92 Å². The minimum absolute atomic E-state index is 0.0749. The molecular weight excluding hydrogens is 248 g/mol. The predicted molar refractivity (Wildman–Crippen MR) is 72.2 cm³/mol. The summed E-state index contributed by atoms with van der Waals surface area (Å²) in [5.74, 6) is -2.16. The zero-order chi connectivity index (χ0) is 13.9. The highest BCUT2D eigenvalue weighted by Gasteiger charge is 2.35. The van der Waals surface area contributed by atoms with Crippen LogP contribution in [0.1, 0.15) is 32.1 Å². The second-order valence-electron chi connectivity index (χ2n) is 5.98. The van der Waals surface area contributed by atoms with Gasteiger partial charge in [0.2, 0.25) is 0 Å². The van der Waals surface area contributed by atoms with Crippen LogP contribution < -0.4 is 0 Å². The summed E-state index contributed by atoms with van der Waals surface area (Å²) in [6, 6.07) is 0. The van der Waals surface area contributed by atoms with E-state index in [0.29, 0.717) is 0 Å². The average molecular weight is 270 g/mol. The Hall–Kier alpha value is -1.10. The van der Waals surface area contributed by atoms with Crippen LogP contribution in [0.5, 0.6) is 0 Å². The molecule has 0 aromatic rings. The second-order valence-corrected chi connectivity index (χ2v) is 11.0. The van der Waals surface area contributed by atoms with E-state index in [2.05, 4.69) is 0 Å². The molecule has 0 amide bonds. The Kier molecular flexibility index (Phi) is 4.73. The van der Waals surface area contributed by atoms with Crippen molar-refractivity contribution in [1.29, 1.82) is 0 Å². The smallest absolute Gasteiger partial charge is 0.331 e. The summed E-state index contributed by atoms with van der Waals surface area (Å²) >= 11 is 0. The van der Waals surface area contributed by atoms with Crippen molar-refractivity contribution in [3.63, 3.8) is 0 Å². The molecule has 1 rings (SSSR count). The van der Waals surface area contributed by atoms with Gasteiger partial charge in [-0.2, -0.15) is 0 Å². The third-order valence-corrected chi connectivity index (χ3v) is 5.46. The first-order valence-electron chi connectivity index (χ1n) is 6.46. The lowest BCUT2D eigenvalue weighted by Gasteiger charge is -2.27. The zero-order valence-electron chi connectivity index (χ0n) is 11.3. The molecule has 0 unspecified atom stereocenters. The number of hydrogen-bond acceptors (Lipinski definition) is 2. The van der Waals surface area contributed by atoms with Crippen LogP contribution in [-0.4, -0.2) is 30.2 Å². The van der Waals surface area contributed by atoms with Gasteiger partial charge in [-0.1, -0.05) is 38.9 Å². The predicted octanol–water partition coefficient (Wildman–Crippen LogP) is 2.91. The van der Waals surface area contributed by atoms with E-state index in [1.54, 1.807) is 0 Å². The number of rotatable bonds is 4. The molecular formula is C13H22O4Si. The molecule has 0 bridgehead atoms. The summed E-state index contributed by atoms with van der Waals surface area (Å²) in [7, 11) is -2.16. The molecule has 1 aliphatic carbocycles. The molecule has 1 saturated carbocycles. The van der Waals surface area contributed by atoms with Gasteiger partial charge in [-0.3, -0.25) is 0 Å². The van der Waals surface area contributed by atoms with E-state index < -0.39 is 20.0 Å². The van der Waals surface area contributed by atoms with Crippen molar-refractivity contribution in [2.75, 3.05) is 0 Å². The maximum absolute atomic E-state index is 11.5. The monoisotopic (exact) mass is 270 g/mol. The summed E-state index contributed by atoms with van der Waals surface area (Å²) < 4.78 is 0. The van der Waals surface area contributed by atoms with Gasteiger partial charge in [0.1, 0.15) is 0 Å². The molecule has 0 aliphatic heterocycles. The molecule has 4 nitrogen and oxygen atoms in total. The highest BCUT2D eigenvalue weighted by atomic mass is 28.3. The van der Waals surface area contributed by atoms with Crippen molar-refractivity contribution in [2.24, 2.45) is 5.92 Å². The molecule has 1 aliphatic rings. The minimum Gasteiger partial charge on any atom is -0.478 e. The van der Waals surface area contributed by atoms with Gasteiger partial charge in [0.15, 0.2) is 0 Å². The lowest BCUT2D eigenvalue weighted by atomic mass is 9.83. The fraction of sp³-hybridized carbons (Fsp3) is 0.692. The Bertz CT molecular complexity index is 373. The number of carbonyl (C=O) groups is 2. The molecule has 102 valence electrons. The molecule has 0 aromatic carbocycles. The first kappa shape index (κ1) is 15.0. The van der Waals surface area contributed by atoms with Crippen molar-refractivity contribution in [1.82, 2.24) is 0 Å². The van der Waals surface area contributed by atoms with E-state index in [1.165, 1.54) is 0 Å². The van der Waals surface area contributed by atoms with Gasteiger partial charge in [-0.25, -0.2) is 9.59 Å². The van der Waals surface area contributed by atoms with E-state index in [-0.39, 0.29) is 16.7 Å². The Labute approximate surface area is 109 Å². The van der Waals surface area contributed by atoms with E-state index >= 15 is 0 Å². The van der Waals surface area contributed by atoms with E-state index in [0.717, 1.165) is 32.1 Å². The molecule has 18 heavy (non-hydrogen) atoms. The fourth-order valence-corrected chi connectivity index (χ4v) is 4.48. The quantitative estimate of drug-likeness (QED) is 0.608. The average Bonchev–Trinajstić information content (AvgIpc) is 2.24. The van der Waals surface area contributed by atoms with Gasteiger partial charge >= 0.3 is 11.9 Å². The SMILES string of the molecule is C[Si](C)(C)C(C(=O)O)=C(C(=O)O)C1CCCCC1. The summed E-state index contributed by atoms with van der Waals surface area (Å²) in [5, 5.41) is 19.0. The number of carboxylic acids is 2. The number of hydrogen-bond donors (Lipinski definition) is 2. The van der Waals surface area contributed by atoms with Gasteiger partial charge < -0.3 is 10.2 Å². The number of aliphatic carboxylic acids is 2. The van der Waals surface area contributed by atoms with Crippen LogP contribution in [0.2, 0.25) is 19.6 Å². The van der Waals surface area contributed by atoms with E-state index in [9.17, 15) is 19.8 Å². The lowest BCUT2D eigenvalue weighted by Crippen LogP contribution is -2.35. The van der Waals surface area contributed by atoms with Crippen LogP contribution in [0.15, 0.2) is 10.8 Å². The van der Waals surface area contributed by atoms with Crippen molar-refractivity contribution in [2.45, 2.75) is 51.7 Å². The van der Waals surface area contributed by atoms with Gasteiger partial charge in [0.05, 0.1) is 8.07 Å². The normalized spacial score (nSPS) is 19.3. The van der Waals surface area contributed by atoms with E-state index in [1.807, 2.05) is 19.6 Å². The molecule has 0 heterocycles. The highest BCUT2D eigenvalue weighted by molar-refractivity contribution is 6.87. The summed E-state index contributed by atoms with van der Waals surface area (Å²) in [5.41, 5.74) is 0.182. The van der Waals surface area contributed by atoms with Gasteiger partial charge in [-0.05, 0) is 18.8 Å². The Morgan fingerprint density at radius 3 is 1.78 bits per heavy atom. The molecule has 1 fully saturated rings. The summed E-state index contributed by atoms with van der Waals surface area (Å²) in [4.78, 5) is 22.9. The number of carboxylic acid groups (broad SMARTS) is 2. The van der Waals surface area contributed by atoms with Crippen molar-refractivity contribution < 1.29 is 19.8 Å². The second kappa shape index (κ2) is 5.69. The summed E-state index contributed by atoms with van der Waals surface area (Å²) in [6.07, 6.45) is 4.74. The molecule has 5 heteroatoms. The highest BCUT2D eigenvalue weighted by Crippen LogP contribution is 2.34. The third-order valence-electron chi connectivity index (χ3n) is 3.48. The Balaban J connectivity index is 3.28. The van der Waals surface area contributed by atoms with Crippen LogP contribution in [0.4, 0.5) is 0 Å². The Morgan fingerprint density at radius 1 is 0.944 bits per heavy atom. The zero-order valence-corrected chi connectivity index (χ0v) is 12.3. The van der Waals surface area contributed by atoms with E-state index in [4.69, 9.17) is 0 Å². The molecule has 0 radical (unpaired) electrons. The Morgan fingerprint density at radius 2 is 1.44 bits per heavy atom. The third kappa shape index (κ3) is 3.45. The van der Waals surface area contributed by atoms with Crippen molar-refractivity contribution >= 4 is 20.0 Å². The largest absolute Gasteiger partial charge is 0.478 e. The molecule has 0 aromatic heterocycles. The summed E-state index contributed by atoms with van der Waals surface area (Å²) in [6.45, 7) is 5.67. The fourth-order valence-electron chi connectivity index (χ4n) is 2.72. The molecule has 0 saturated heterocycles. The van der Waals surface area contributed by atoms with Crippen LogP contribution in [0.25, 0.3) is 0 Å². The van der Waals surface area contributed by atoms with Crippen LogP contribution >= 0.6 is 0 Å². The molecule has 0 spiro atoms. The maximum atomic E-state index is 11.5. The van der Waals surface area contributed by atoms with Crippen molar-refractivity contribution in [3.05, 3.63) is 10.8 Å². The van der Waals surface area contributed by atoms with Gasteiger partial charge in [0, 0.05) is 10.8 Å². The topological polar surface area (TPSA) is 74.6 Å². The standard InChI is InChI=1S/C13H22O4Si/c1-18(2,3)11(13(16)17)10(12(14)15)9-7-5-4-6-8-9/h9H,4-8H2,1-3H3,(H,14,15)(H,16,17). The van der Waals surface area contributed by atoms with Crippen LogP contribution in [0.3, 0.4) is 0 Å². The first-order chi connectivity index (χ1) is 8.25. The van der Waals surface area contributed by atoms with Gasteiger partial charge in [0.25, 0.3) is 0 Å².